The number of rotatable bonds is 9. The first kappa shape index (κ1) is 25.1. The van der Waals surface area contributed by atoms with Gasteiger partial charge < -0.3 is 10.1 Å². The Morgan fingerprint density at radius 1 is 1.03 bits per heavy atom. The van der Waals surface area contributed by atoms with Crippen LogP contribution in [0, 0.1) is 6.92 Å². The molecule has 3 aromatic carbocycles. The summed E-state index contributed by atoms with van der Waals surface area (Å²) in [6.45, 7) is 4.00. The molecule has 1 atom stereocenters. The molecule has 2 N–H and O–H groups in total. The number of anilines is 1. The van der Waals surface area contributed by atoms with Crippen LogP contribution in [0.1, 0.15) is 18.1 Å². The van der Waals surface area contributed by atoms with E-state index in [1.807, 2.05) is 30.3 Å². The minimum absolute atomic E-state index is 0.0653. The highest BCUT2D eigenvalue weighted by Gasteiger charge is 2.27. The number of amides is 1. The predicted octanol–water partition coefficient (Wildman–Crippen LogP) is 5.23. The SMILES string of the molecule is CCOc1ccc(S(=O)(=O)N[C@H](Cc2ccccc2)C(=O)Nc2ccc(Cl)cc2C)cc1Cl. The summed E-state index contributed by atoms with van der Waals surface area (Å²) in [6.07, 6.45) is 0.156. The summed E-state index contributed by atoms with van der Waals surface area (Å²) in [7, 11) is -4.06. The molecular weight excluding hydrogens is 483 g/mol. The molecule has 0 fully saturated rings. The highest BCUT2D eigenvalue weighted by atomic mass is 35.5. The molecule has 1 amide bonds. The Labute approximate surface area is 203 Å². The molecule has 9 heteroatoms. The van der Waals surface area contributed by atoms with Crippen LogP contribution in [-0.2, 0) is 21.2 Å². The fraction of sp³-hybridized carbons (Fsp3) is 0.208. The fourth-order valence-corrected chi connectivity index (χ4v) is 4.95. The summed E-state index contributed by atoms with van der Waals surface area (Å²) in [5.41, 5.74) is 2.11. The zero-order valence-electron chi connectivity index (χ0n) is 18.1. The maximum Gasteiger partial charge on any atom is 0.242 e. The van der Waals surface area contributed by atoms with Crippen molar-refractivity contribution in [1.82, 2.24) is 4.72 Å². The molecule has 3 aromatic rings. The molecular formula is C24H24Cl2N2O4S. The molecule has 0 aliphatic rings. The number of aryl methyl sites for hydroxylation is 1. The fourth-order valence-electron chi connectivity index (χ4n) is 3.20. The third-order valence-electron chi connectivity index (χ3n) is 4.86. The van der Waals surface area contributed by atoms with E-state index >= 15 is 0 Å². The van der Waals surface area contributed by atoms with Crippen LogP contribution in [0.25, 0.3) is 0 Å². The molecule has 0 aliphatic heterocycles. The average Bonchev–Trinajstić information content (AvgIpc) is 2.77. The van der Waals surface area contributed by atoms with Crippen LogP contribution in [0.3, 0.4) is 0 Å². The number of benzene rings is 3. The minimum atomic E-state index is -4.06. The van der Waals surface area contributed by atoms with Crippen molar-refractivity contribution in [3.8, 4) is 5.75 Å². The Kier molecular flexibility index (Phi) is 8.37. The summed E-state index contributed by atoms with van der Waals surface area (Å²) in [6, 6.07) is 17.3. The van der Waals surface area contributed by atoms with E-state index < -0.39 is 22.0 Å². The van der Waals surface area contributed by atoms with Gasteiger partial charge in [-0.05, 0) is 67.8 Å². The van der Waals surface area contributed by atoms with E-state index in [1.165, 1.54) is 18.2 Å². The van der Waals surface area contributed by atoms with Crippen molar-refractivity contribution < 1.29 is 17.9 Å². The van der Waals surface area contributed by atoms with Gasteiger partial charge in [-0.3, -0.25) is 4.79 Å². The topological polar surface area (TPSA) is 84.5 Å². The maximum atomic E-state index is 13.2. The monoisotopic (exact) mass is 506 g/mol. The largest absolute Gasteiger partial charge is 0.492 e. The van der Waals surface area contributed by atoms with Gasteiger partial charge in [0, 0.05) is 10.7 Å². The third-order valence-corrected chi connectivity index (χ3v) is 6.86. The van der Waals surface area contributed by atoms with Gasteiger partial charge in [0.15, 0.2) is 0 Å². The predicted molar refractivity (Wildman–Crippen MR) is 132 cm³/mol. The van der Waals surface area contributed by atoms with Gasteiger partial charge in [0.1, 0.15) is 11.8 Å². The molecule has 0 spiro atoms. The summed E-state index contributed by atoms with van der Waals surface area (Å²) in [4.78, 5) is 13.1. The molecule has 0 unspecified atom stereocenters. The molecule has 0 heterocycles. The number of hydrogen-bond donors (Lipinski definition) is 2. The van der Waals surface area contributed by atoms with Gasteiger partial charge in [-0.1, -0.05) is 53.5 Å². The first-order chi connectivity index (χ1) is 15.7. The van der Waals surface area contributed by atoms with Crippen molar-refractivity contribution in [1.29, 1.82) is 0 Å². The Balaban J connectivity index is 1.88. The van der Waals surface area contributed by atoms with Crippen molar-refractivity contribution in [2.75, 3.05) is 11.9 Å². The van der Waals surface area contributed by atoms with Crippen molar-refractivity contribution >= 4 is 44.8 Å². The number of hydrogen-bond acceptors (Lipinski definition) is 4. The standard InChI is InChI=1S/C24H24Cl2N2O4S/c1-3-32-23-12-10-19(15-20(23)26)33(30,31)28-22(14-17-7-5-4-6-8-17)24(29)27-21-11-9-18(25)13-16(21)2/h4-13,15,22,28H,3,14H2,1-2H3,(H,27,29)/t22-/m1/s1. The van der Waals surface area contributed by atoms with E-state index in [1.54, 1.807) is 32.0 Å². The van der Waals surface area contributed by atoms with Crippen molar-refractivity contribution in [3.63, 3.8) is 0 Å². The molecule has 0 saturated heterocycles. The number of ether oxygens (including phenoxy) is 1. The van der Waals surface area contributed by atoms with Gasteiger partial charge in [0.2, 0.25) is 15.9 Å². The van der Waals surface area contributed by atoms with Crippen LogP contribution in [0.5, 0.6) is 5.75 Å². The van der Waals surface area contributed by atoms with Crippen LogP contribution < -0.4 is 14.8 Å². The summed E-state index contributed by atoms with van der Waals surface area (Å²) in [5.74, 6) is -0.111. The lowest BCUT2D eigenvalue weighted by Gasteiger charge is -2.20. The molecule has 33 heavy (non-hydrogen) atoms. The molecule has 0 saturated carbocycles. The first-order valence-corrected chi connectivity index (χ1v) is 12.5. The quantitative estimate of drug-likeness (QED) is 0.416. The average molecular weight is 507 g/mol. The second-order valence-corrected chi connectivity index (χ2v) is 9.89. The van der Waals surface area contributed by atoms with Crippen LogP contribution in [0.15, 0.2) is 71.6 Å². The number of nitrogens with one attached hydrogen (secondary N) is 2. The Morgan fingerprint density at radius 3 is 2.39 bits per heavy atom. The van der Waals surface area contributed by atoms with Gasteiger partial charge >= 0.3 is 0 Å². The van der Waals surface area contributed by atoms with Crippen LogP contribution in [-0.4, -0.2) is 27.0 Å². The van der Waals surface area contributed by atoms with Gasteiger partial charge in [0.25, 0.3) is 0 Å². The van der Waals surface area contributed by atoms with Gasteiger partial charge in [-0.25, -0.2) is 8.42 Å². The zero-order chi connectivity index (χ0) is 24.0. The van der Waals surface area contributed by atoms with Gasteiger partial charge in [-0.15, -0.1) is 0 Å². The first-order valence-electron chi connectivity index (χ1n) is 10.2. The molecule has 0 aromatic heterocycles. The second-order valence-electron chi connectivity index (χ2n) is 7.34. The van der Waals surface area contributed by atoms with Crippen LogP contribution >= 0.6 is 23.2 Å². The van der Waals surface area contributed by atoms with Crippen molar-refractivity contribution in [2.24, 2.45) is 0 Å². The number of sulfonamides is 1. The summed E-state index contributed by atoms with van der Waals surface area (Å²) >= 11 is 12.2. The van der Waals surface area contributed by atoms with Crippen molar-refractivity contribution in [3.05, 3.63) is 87.9 Å². The van der Waals surface area contributed by atoms with E-state index in [-0.39, 0.29) is 16.3 Å². The lowest BCUT2D eigenvalue weighted by Crippen LogP contribution is -2.45. The minimum Gasteiger partial charge on any atom is -0.492 e. The Hall–Kier alpha value is -2.58. The molecule has 3 rings (SSSR count). The Morgan fingerprint density at radius 2 is 1.76 bits per heavy atom. The molecule has 6 nitrogen and oxygen atoms in total. The highest BCUT2D eigenvalue weighted by Crippen LogP contribution is 2.27. The lowest BCUT2D eigenvalue weighted by molar-refractivity contribution is -0.117. The lowest BCUT2D eigenvalue weighted by atomic mass is 10.1. The molecule has 174 valence electrons. The van der Waals surface area contributed by atoms with E-state index in [9.17, 15) is 13.2 Å². The van der Waals surface area contributed by atoms with E-state index in [2.05, 4.69) is 10.0 Å². The number of carbonyl (C=O) groups is 1. The molecule has 0 radical (unpaired) electrons. The summed E-state index contributed by atoms with van der Waals surface area (Å²) in [5, 5.41) is 3.51. The summed E-state index contributed by atoms with van der Waals surface area (Å²) < 4.78 is 34.1. The van der Waals surface area contributed by atoms with Crippen LogP contribution in [0.4, 0.5) is 5.69 Å². The highest BCUT2D eigenvalue weighted by molar-refractivity contribution is 7.89. The third kappa shape index (κ3) is 6.71. The van der Waals surface area contributed by atoms with Crippen LogP contribution in [0.2, 0.25) is 10.0 Å². The van der Waals surface area contributed by atoms with E-state index in [0.717, 1.165) is 11.1 Å². The molecule has 0 bridgehead atoms. The van der Waals surface area contributed by atoms with E-state index in [4.69, 9.17) is 27.9 Å². The number of carbonyl (C=O) groups excluding carboxylic acids is 1. The Bertz CT molecular complexity index is 1230. The normalized spacial score (nSPS) is 12.2. The van der Waals surface area contributed by atoms with Crippen molar-refractivity contribution in [2.45, 2.75) is 31.2 Å². The van der Waals surface area contributed by atoms with E-state index in [0.29, 0.717) is 23.1 Å². The maximum absolute atomic E-state index is 13.2. The molecule has 0 aliphatic carbocycles. The smallest absolute Gasteiger partial charge is 0.242 e. The zero-order valence-corrected chi connectivity index (χ0v) is 20.5. The van der Waals surface area contributed by atoms with Gasteiger partial charge in [0.05, 0.1) is 16.5 Å². The van der Waals surface area contributed by atoms with Gasteiger partial charge in [-0.2, -0.15) is 4.72 Å². The number of halogens is 2. The second kappa shape index (κ2) is 11.0.